The Morgan fingerprint density at radius 1 is 1.10 bits per heavy atom. The van der Waals surface area contributed by atoms with E-state index in [1.54, 1.807) is 30.0 Å². The Morgan fingerprint density at radius 2 is 1.83 bits per heavy atom. The molecule has 0 atom stereocenters. The highest BCUT2D eigenvalue weighted by molar-refractivity contribution is 6.34. The number of carbonyl (C=O) groups is 1. The highest BCUT2D eigenvalue weighted by atomic mass is 35.5. The Bertz CT molecular complexity index is 1030. The minimum absolute atomic E-state index is 0.0167. The Hall–Kier alpha value is -2.50. The van der Waals surface area contributed by atoms with Gasteiger partial charge in [0.05, 0.1) is 23.5 Å². The zero-order valence-electron chi connectivity index (χ0n) is 16.0. The van der Waals surface area contributed by atoms with Crippen LogP contribution in [0, 0.1) is 5.92 Å². The third-order valence-corrected chi connectivity index (χ3v) is 5.76. The fourth-order valence-electron chi connectivity index (χ4n) is 3.62. The molecule has 1 fully saturated rings. The van der Waals surface area contributed by atoms with Gasteiger partial charge in [0, 0.05) is 22.6 Å². The van der Waals surface area contributed by atoms with Crippen molar-refractivity contribution in [2.75, 3.05) is 12.4 Å². The first-order valence-electron chi connectivity index (χ1n) is 9.56. The first kappa shape index (κ1) is 19.8. The summed E-state index contributed by atoms with van der Waals surface area (Å²) in [5.74, 6) is 1.39. The van der Waals surface area contributed by atoms with E-state index < -0.39 is 0 Å². The number of hydrogen-bond donors (Lipinski definition) is 1. The van der Waals surface area contributed by atoms with Gasteiger partial charge in [0.2, 0.25) is 5.91 Å². The highest BCUT2D eigenvalue weighted by Gasteiger charge is 2.24. The Labute approximate surface area is 179 Å². The third kappa shape index (κ3) is 4.26. The van der Waals surface area contributed by atoms with Crippen LogP contribution in [0.2, 0.25) is 10.0 Å². The lowest BCUT2D eigenvalue weighted by Crippen LogP contribution is -2.22. The molecule has 0 radical (unpaired) electrons. The van der Waals surface area contributed by atoms with Crippen molar-refractivity contribution < 1.29 is 9.53 Å². The summed E-state index contributed by atoms with van der Waals surface area (Å²) in [5, 5.41) is 8.79. The summed E-state index contributed by atoms with van der Waals surface area (Å²) in [5.41, 5.74) is 2.23. The number of hydrogen-bond acceptors (Lipinski definition) is 3. The topological polar surface area (TPSA) is 56.1 Å². The molecule has 3 aromatic rings. The average Bonchev–Trinajstić information content (AvgIpc) is 3.40. The standard InChI is InChI=1S/C22H21Cl2N3O2/c1-29-17-9-6-14(7-10-17)19-13-21(25-22(28)15-4-2-3-5-15)27(26-19)20-12-16(23)8-11-18(20)24/h6-13,15H,2-5H2,1H3,(H,25,28). The van der Waals surface area contributed by atoms with E-state index >= 15 is 0 Å². The van der Waals surface area contributed by atoms with Crippen LogP contribution in [0.3, 0.4) is 0 Å². The van der Waals surface area contributed by atoms with Crippen LogP contribution in [0.5, 0.6) is 5.75 Å². The van der Waals surface area contributed by atoms with Crippen molar-refractivity contribution in [1.82, 2.24) is 9.78 Å². The van der Waals surface area contributed by atoms with Gasteiger partial charge in [-0.3, -0.25) is 4.79 Å². The Kier molecular flexibility index (Phi) is 5.79. The Balaban J connectivity index is 1.75. The van der Waals surface area contributed by atoms with Crippen molar-refractivity contribution in [3.8, 4) is 22.7 Å². The van der Waals surface area contributed by atoms with E-state index in [1.807, 2.05) is 30.3 Å². The van der Waals surface area contributed by atoms with Gasteiger partial charge in [-0.2, -0.15) is 5.10 Å². The van der Waals surface area contributed by atoms with Gasteiger partial charge in [-0.25, -0.2) is 4.68 Å². The molecule has 29 heavy (non-hydrogen) atoms. The van der Waals surface area contributed by atoms with Gasteiger partial charge in [0.15, 0.2) is 0 Å². The zero-order valence-corrected chi connectivity index (χ0v) is 17.5. The van der Waals surface area contributed by atoms with E-state index in [9.17, 15) is 4.79 Å². The number of rotatable bonds is 5. The van der Waals surface area contributed by atoms with E-state index in [4.69, 9.17) is 33.0 Å². The predicted octanol–water partition coefficient (Wildman–Crippen LogP) is 5.98. The van der Waals surface area contributed by atoms with Crippen molar-refractivity contribution in [3.63, 3.8) is 0 Å². The summed E-state index contributed by atoms with van der Waals surface area (Å²) in [6, 6.07) is 14.6. The van der Waals surface area contributed by atoms with Crippen LogP contribution in [0.1, 0.15) is 25.7 Å². The molecule has 1 aliphatic carbocycles. The maximum atomic E-state index is 12.8. The number of carbonyl (C=O) groups excluding carboxylic acids is 1. The van der Waals surface area contributed by atoms with Crippen LogP contribution < -0.4 is 10.1 Å². The second kappa shape index (κ2) is 8.47. The molecule has 2 aromatic carbocycles. The first-order chi connectivity index (χ1) is 14.0. The molecule has 5 nitrogen and oxygen atoms in total. The van der Waals surface area contributed by atoms with Gasteiger partial charge in [-0.05, 0) is 55.3 Å². The maximum Gasteiger partial charge on any atom is 0.228 e. The lowest BCUT2D eigenvalue weighted by Gasteiger charge is -2.13. The molecule has 1 N–H and O–H groups in total. The van der Waals surface area contributed by atoms with Crippen LogP contribution in [0.4, 0.5) is 5.82 Å². The van der Waals surface area contributed by atoms with E-state index in [1.165, 1.54) is 0 Å². The number of anilines is 1. The van der Waals surface area contributed by atoms with Gasteiger partial charge in [0.1, 0.15) is 11.6 Å². The van der Waals surface area contributed by atoms with Crippen molar-refractivity contribution in [2.45, 2.75) is 25.7 Å². The minimum atomic E-state index is 0.0167. The van der Waals surface area contributed by atoms with E-state index in [0.29, 0.717) is 27.2 Å². The summed E-state index contributed by atoms with van der Waals surface area (Å²) in [6.45, 7) is 0. The third-order valence-electron chi connectivity index (χ3n) is 5.21. The van der Waals surface area contributed by atoms with Crippen LogP contribution in [-0.4, -0.2) is 22.8 Å². The number of amides is 1. The monoisotopic (exact) mass is 429 g/mol. The van der Waals surface area contributed by atoms with Crippen LogP contribution >= 0.6 is 23.2 Å². The molecule has 1 aliphatic rings. The minimum Gasteiger partial charge on any atom is -0.497 e. The van der Waals surface area contributed by atoms with Gasteiger partial charge >= 0.3 is 0 Å². The summed E-state index contributed by atoms with van der Waals surface area (Å²) in [7, 11) is 1.63. The number of methoxy groups -OCH3 is 1. The molecule has 1 heterocycles. The van der Waals surface area contributed by atoms with Crippen LogP contribution in [-0.2, 0) is 4.79 Å². The van der Waals surface area contributed by atoms with Crippen molar-refractivity contribution in [1.29, 1.82) is 0 Å². The molecule has 0 bridgehead atoms. The molecule has 1 amide bonds. The van der Waals surface area contributed by atoms with Gasteiger partial charge in [-0.1, -0.05) is 36.0 Å². The summed E-state index contributed by atoms with van der Waals surface area (Å²) in [6.07, 6.45) is 4.02. The number of ether oxygens (including phenoxy) is 1. The average molecular weight is 430 g/mol. The Morgan fingerprint density at radius 3 is 2.52 bits per heavy atom. The van der Waals surface area contributed by atoms with Crippen molar-refractivity contribution >= 4 is 34.9 Å². The number of halogens is 2. The summed E-state index contributed by atoms with van der Waals surface area (Å²) >= 11 is 12.6. The lowest BCUT2D eigenvalue weighted by atomic mass is 10.1. The van der Waals surface area contributed by atoms with E-state index in [-0.39, 0.29) is 11.8 Å². The van der Waals surface area contributed by atoms with Crippen LogP contribution in [0.25, 0.3) is 16.9 Å². The second-order valence-corrected chi connectivity index (χ2v) is 7.97. The smallest absolute Gasteiger partial charge is 0.228 e. The van der Waals surface area contributed by atoms with Crippen molar-refractivity contribution in [2.24, 2.45) is 5.92 Å². The molecule has 1 saturated carbocycles. The lowest BCUT2D eigenvalue weighted by molar-refractivity contribution is -0.119. The van der Waals surface area contributed by atoms with E-state index in [0.717, 1.165) is 37.0 Å². The molecular formula is C22H21Cl2N3O2. The quantitative estimate of drug-likeness (QED) is 0.542. The highest BCUT2D eigenvalue weighted by Crippen LogP contribution is 2.32. The summed E-state index contributed by atoms with van der Waals surface area (Å²) in [4.78, 5) is 12.8. The second-order valence-electron chi connectivity index (χ2n) is 7.12. The first-order valence-corrected chi connectivity index (χ1v) is 10.3. The molecule has 150 valence electrons. The molecule has 4 rings (SSSR count). The number of benzene rings is 2. The van der Waals surface area contributed by atoms with Gasteiger partial charge in [0.25, 0.3) is 0 Å². The molecule has 0 spiro atoms. The molecular weight excluding hydrogens is 409 g/mol. The van der Waals surface area contributed by atoms with E-state index in [2.05, 4.69) is 5.32 Å². The molecule has 1 aromatic heterocycles. The molecule has 7 heteroatoms. The fourth-order valence-corrected chi connectivity index (χ4v) is 3.98. The predicted molar refractivity (Wildman–Crippen MR) is 116 cm³/mol. The SMILES string of the molecule is COc1ccc(-c2cc(NC(=O)C3CCCC3)n(-c3cc(Cl)ccc3Cl)n2)cc1. The number of nitrogens with one attached hydrogen (secondary N) is 1. The van der Waals surface area contributed by atoms with Crippen LogP contribution in [0.15, 0.2) is 48.5 Å². The fraction of sp³-hybridized carbons (Fsp3) is 0.273. The normalized spacial score (nSPS) is 14.2. The number of aromatic nitrogens is 2. The zero-order chi connectivity index (χ0) is 20.4. The molecule has 0 unspecified atom stereocenters. The largest absolute Gasteiger partial charge is 0.497 e. The molecule has 0 aliphatic heterocycles. The maximum absolute atomic E-state index is 12.8. The number of nitrogens with zero attached hydrogens (tertiary/aromatic N) is 2. The van der Waals surface area contributed by atoms with Crippen molar-refractivity contribution in [3.05, 3.63) is 58.6 Å². The summed E-state index contributed by atoms with van der Waals surface area (Å²) < 4.78 is 6.87. The van der Waals surface area contributed by atoms with Gasteiger partial charge in [-0.15, -0.1) is 0 Å². The molecule has 0 saturated heterocycles. The van der Waals surface area contributed by atoms with Gasteiger partial charge < -0.3 is 10.1 Å².